The monoisotopic (exact) mass is 273 g/mol. The number of aromatic nitrogens is 4. The number of para-hydroxylation sites is 1. The Balaban J connectivity index is 2.02. The highest BCUT2D eigenvalue weighted by Crippen LogP contribution is 2.47. The van der Waals surface area contributed by atoms with Crippen LogP contribution in [0.2, 0.25) is 0 Å². The predicted molar refractivity (Wildman–Crippen MR) is 76.3 cm³/mol. The zero-order chi connectivity index (χ0) is 14.1. The van der Waals surface area contributed by atoms with Crippen LogP contribution >= 0.6 is 0 Å². The topological polar surface area (TPSA) is 78.8 Å². The lowest BCUT2D eigenvalue weighted by molar-refractivity contribution is 0.343. The molecule has 6 heteroatoms. The van der Waals surface area contributed by atoms with Crippen molar-refractivity contribution in [2.24, 2.45) is 5.92 Å². The molecule has 20 heavy (non-hydrogen) atoms. The fourth-order valence-corrected chi connectivity index (χ4v) is 2.60. The van der Waals surface area contributed by atoms with E-state index in [-0.39, 0.29) is 0 Å². The standard InChI is InChI=1S/C14H19N5O/c1-3-9-8-12(9)19-14(16-17-18-19)10-6-5-7-11(15)13(10)20-4-2/h5-7,9,12H,3-4,8,15H2,1-2H3. The van der Waals surface area contributed by atoms with Crippen molar-refractivity contribution in [3.8, 4) is 17.1 Å². The summed E-state index contributed by atoms with van der Waals surface area (Å²) in [5.41, 5.74) is 7.48. The van der Waals surface area contributed by atoms with Crippen LogP contribution in [-0.4, -0.2) is 26.8 Å². The van der Waals surface area contributed by atoms with Crippen molar-refractivity contribution in [1.29, 1.82) is 0 Å². The van der Waals surface area contributed by atoms with Crippen LogP contribution in [0.1, 0.15) is 32.7 Å². The third-order valence-corrected chi connectivity index (χ3v) is 3.79. The maximum absolute atomic E-state index is 6.01. The summed E-state index contributed by atoms with van der Waals surface area (Å²) in [4.78, 5) is 0. The molecular formula is C14H19N5O. The summed E-state index contributed by atoms with van der Waals surface area (Å²) in [5.74, 6) is 2.08. The molecule has 6 nitrogen and oxygen atoms in total. The molecular weight excluding hydrogens is 254 g/mol. The molecule has 0 radical (unpaired) electrons. The molecule has 1 aromatic carbocycles. The first kappa shape index (κ1) is 12.9. The number of hydrogen-bond acceptors (Lipinski definition) is 5. The van der Waals surface area contributed by atoms with Crippen molar-refractivity contribution in [2.75, 3.05) is 12.3 Å². The van der Waals surface area contributed by atoms with Crippen molar-refractivity contribution in [2.45, 2.75) is 32.7 Å². The van der Waals surface area contributed by atoms with Crippen LogP contribution in [-0.2, 0) is 0 Å². The molecule has 1 heterocycles. The highest BCUT2D eigenvalue weighted by molar-refractivity contribution is 5.73. The molecule has 0 aliphatic heterocycles. The SMILES string of the molecule is CCOc1c(N)cccc1-c1nnnn1C1CC1CC. The molecule has 1 fully saturated rings. The van der Waals surface area contributed by atoms with Crippen molar-refractivity contribution < 1.29 is 4.74 Å². The molecule has 1 aromatic heterocycles. The Labute approximate surface area is 117 Å². The predicted octanol–water partition coefficient (Wildman–Crippen LogP) is 2.29. The van der Waals surface area contributed by atoms with E-state index >= 15 is 0 Å². The second-order valence-corrected chi connectivity index (χ2v) is 5.08. The quantitative estimate of drug-likeness (QED) is 0.845. The van der Waals surface area contributed by atoms with E-state index in [0.29, 0.717) is 30.0 Å². The molecule has 1 aliphatic rings. The van der Waals surface area contributed by atoms with Gasteiger partial charge in [0.15, 0.2) is 11.6 Å². The molecule has 2 atom stereocenters. The Morgan fingerprint density at radius 1 is 1.40 bits per heavy atom. The molecule has 0 amide bonds. The van der Waals surface area contributed by atoms with Crippen LogP contribution in [0.25, 0.3) is 11.4 Å². The van der Waals surface area contributed by atoms with Gasteiger partial charge in [-0.1, -0.05) is 19.4 Å². The zero-order valence-corrected chi connectivity index (χ0v) is 11.8. The molecule has 3 rings (SSSR count). The minimum atomic E-state index is 0.404. The summed E-state index contributed by atoms with van der Waals surface area (Å²) in [6.45, 7) is 4.69. The van der Waals surface area contributed by atoms with Crippen molar-refractivity contribution >= 4 is 5.69 Å². The lowest BCUT2D eigenvalue weighted by atomic mass is 10.1. The number of rotatable bonds is 5. The second-order valence-electron chi connectivity index (χ2n) is 5.08. The van der Waals surface area contributed by atoms with Gasteiger partial charge >= 0.3 is 0 Å². The smallest absolute Gasteiger partial charge is 0.186 e. The summed E-state index contributed by atoms with van der Waals surface area (Å²) in [6, 6.07) is 6.08. The first-order valence-corrected chi connectivity index (χ1v) is 7.05. The molecule has 106 valence electrons. The molecule has 0 spiro atoms. The highest BCUT2D eigenvalue weighted by atomic mass is 16.5. The van der Waals surface area contributed by atoms with E-state index in [1.54, 1.807) is 0 Å². The first-order valence-electron chi connectivity index (χ1n) is 7.05. The van der Waals surface area contributed by atoms with Gasteiger partial charge in [0.05, 0.1) is 23.9 Å². The summed E-state index contributed by atoms with van der Waals surface area (Å²) < 4.78 is 7.57. The number of hydrogen-bond donors (Lipinski definition) is 1. The average molecular weight is 273 g/mol. The fourth-order valence-electron chi connectivity index (χ4n) is 2.60. The van der Waals surface area contributed by atoms with Crippen LogP contribution in [0.15, 0.2) is 18.2 Å². The lowest BCUT2D eigenvalue weighted by Gasteiger charge is -2.12. The number of ether oxygens (including phenoxy) is 1. The zero-order valence-electron chi connectivity index (χ0n) is 11.8. The van der Waals surface area contributed by atoms with Gasteiger partial charge in [0.25, 0.3) is 0 Å². The van der Waals surface area contributed by atoms with E-state index < -0.39 is 0 Å². The summed E-state index contributed by atoms with van der Waals surface area (Å²) in [5, 5.41) is 12.1. The average Bonchev–Trinajstić information content (AvgIpc) is 3.09. The fraction of sp³-hybridized carbons (Fsp3) is 0.500. The van der Waals surface area contributed by atoms with Gasteiger partial charge in [0, 0.05) is 0 Å². The summed E-state index contributed by atoms with van der Waals surface area (Å²) >= 11 is 0. The molecule has 2 aromatic rings. The molecule has 2 N–H and O–H groups in total. The molecule has 1 aliphatic carbocycles. The molecule has 0 saturated heterocycles. The minimum Gasteiger partial charge on any atom is -0.491 e. The maximum atomic E-state index is 6.01. The van der Waals surface area contributed by atoms with Crippen LogP contribution in [0.5, 0.6) is 5.75 Å². The van der Waals surface area contributed by atoms with Gasteiger partial charge < -0.3 is 10.5 Å². The summed E-state index contributed by atoms with van der Waals surface area (Å²) in [6.07, 6.45) is 2.29. The van der Waals surface area contributed by atoms with Crippen molar-refractivity contribution in [3.63, 3.8) is 0 Å². The normalized spacial score (nSPS) is 20.9. The van der Waals surface area contributed by atoms with Gasteiger partial charge in [0.2, 0.25) is 0 Å². The third-order valence-electron chi connectivity index (χ3n) is 3.79. The maximum Gasteiger partial charge on any atom is 0.186 e. The van der Waals surface area contributed by atoms with E-state index in [1.807, 2.05) is 29.8 Å². The number of benzene rings is 1. The first-order chi connectivity index (χ1) is 9.76. The van der Waals surface area contributed by atoms with E-state index in [1.165, 1.54) is 0 Å². The van der Waals surface area contributed by atoms with Gasteiger partial charge in [-0.2, -0.15) is 0 Å². The van der Waals surface area contributed by atoms with Crippen LogP contribution in [0.3, 0.4) is 0 Å². The highest BCUT2D eigenvalue weighted by Gasteiger charge is 2.40. The lowest BCUT2D eigenvalue weighted by Crippen LogP contribution is -2.05. The van der Waals surface area contributed by atoms with E-state index in [9.17, 15) is 0 Å². The third kappa shape index (κ3) is 2.11. The van der Waals surface area contributed by atoms with Crippen molar-refractivity contribution in [1.82, 2.24) is 20.2 Å². The second kappa shape index (κ2) is 5.11. The van der Waals surface area contributed by atoms with Gasteiger partial charge in [-0.3, -0.25) is 0 Å². The number of nitrogens with zero attached hydrogens (tertiary/aromatic N) is 4. The molecule has 2 unspecified atom stereocenters. The van der Waals surface area contributed by atoms with Crippen molar-refractivity contribution in [3.05, 3.63) is 18.2 Å². The van der Waals surface area contributed by atoms with E-state index in [0.717, 1.165) is 24.2 Å². The van der Waals surface area contributed by atoms with Crippen LogP contribution in [0.4, 0.5) is 5.69 Å². The number of anilines is 1. The summed E-state index contributed by atoms with van der Waals surface area (Å²) in [7, 11) is 0. The largest absolute Gasteiger partial charge is 0.491 e. The Morgan fingerprint density at radius 2 is 2.25 bits per heavy atom. The van der Waals surface area contributed by atoms with Crippen LogP contribution < -0.4 is 10.5 Å². The number of nitrogens with two attached hydrogens (primary N) is 1. The Hall–Kier alpha value is -2.11. The van der Waals surface area contributed by atoms with Gasteiger partial charge in [-0.05, 0) is 41.8 Å². The van der Waals surface area contributed by atoms with Gasteiger partial charge in [-0.15, -0.1) is 5.10 Å². The van der Waals surface area contributed by atoms with Crippen LogP contribution in [0, 0.1) is 5.92 Å². The number of tetrazole rings is 1. The van der Waals surface area contributed by atoms with E-state index in [4.69, 9.17) is 10.5 Å². The Morgan fingerprint density at radius 3 is 2.95 bits per heavy atom. The van der Waals surface area contributed by atoms with Gasteiger partial charge in [0.1, 0.15) is 0 Å². The van der Waals surface area contributed by atoms with Gasteiger partial charge in [-0.25, -0.2) is 4.68 Å². The Kier molecular flexibility index (Phi) is 3.30. The molecule has 0 bridgehead atoms. The van der Waals surface area contributed by atoms with E-state index in [2.05, 4.69) is 22.4 Å². The minimum absolute atomic E-state index is 0.404. The Bertz CT molecular complexity index is 609. The number of nitrogen functional groups attached to an aromatic ring is 1. The molecule has 1 saturated carbocycles.